The van der Waals surface area contributed by atoms with Gasteiger partial charge in [-0.2, -0.15) is 0 Å². The Morgan fingerprint density at radius 1 is 1.43 bits per heavy atom. The fraction of sp³-hybridized carbons (Fsp3) is 0.500. The van der Waals surface area contributed by atoms with Crippen molar-refractivity contribution < 1.29 is 18.3 Å². The molecule has 0 aliphatic rings. The average molecular weight is 301 g/mol. The highest BCUT2D eigenvalue weighted by molar-refractivity contribution is 5.81. The number of alkyl halides is 3. The first-order valence-electron chi connectivity index (χ1n) is 6.63. The number of nitrogens with one attached hydrogen (secondary N) is 1. The number of halogens is 3. The predicted octanol–water partition coefficient (Wildman–Crippen LogP) is 2.68. The zero-order valence-corrected chi connectivity index (χ0v) is 11.6. The van der Waals surface area contributed by atoms with Crippen molar-refractivity contribution in [2.24, 2.45) is 5.92 Å². The Kier molecular flexibility index (Phi) is 4.41. The molecule has 2 atom stereocenters. The van der Waals surface area contributed by atoms with Gasteiger partial charge in [-0.1, -0.05) is 6.92 Å². The molecule has 0 saturated carbocycles. The lowest BCUT2D eigenvalue weighted by molar-refractivity contribution is -0.109. The molecule has 4 nitrogen and oxygen atoms in total. The number of nitrogens with two attached hydrogens (primary N) is 1. The number of hydrogen-bond donors (Lipinski definition) is 3. The molecule has 0 fully saturated rings. The molecule has 7 heteroatoms. The number of fused-ring (bicyclic) bond motifs is 1. The molecule has 116 valence electrons. The second kappa shape index (κ2) is 5.93. The van der Waals surface area contributed by atoms with Crippen LogP contribution in [0.2, 0.25) is 0 Å². The van der Waals surface area contributed by atoms with Crippen LogP contribution in [0.4, 0.5) is 19.0 Å². The minimum atomic E-state index is -2.96. The van der Waals surface area contributed by atoms with Crippen molar-refractivity contribution in [1.82, 2.24) is 9.97 Å². The van der Waals surface area contributed by atoms with E-state index in [0.717, 1.165) is 5.39 Å². The molecule has 0 bridgehead atoms. The Labute approximate surface area is 120 Å². The Hall–Kier alpha value is -1.76. The van der Waals surface area contributed by atoms with Gasteiger partial charge in [-0.25, -0.2) is 13.8 Å². The molecule has 0 aromatic carbocycles. The van der Waals surface area contributed by atoms with Crippen molar-refractivity contribution in [2.45, 2.75) is 31.8 Å². The van der Waals surface area contributed by atoms with E-state index in [2.05, 4.69) is 9.97 Å². The normalized spacial score (nSPS) is 16.3. The van der Waals surface area contributed by atoms with Crippen LogP contribution in [0.5, 0.6) is 0 Å². The zero-order valence-electron chi connectivity index (χ0n) is 11.6. The van der Waals surface area contributed by atoms with Gasteiger partial charge < -0.3 is 15.8 Å². The number of anilines is 1. The van der Waals surface area contributed by atoms with Gasteiger partial charge in [0.25, 0.3) is 6.43 Å². The van der Waals surface area contributed by atoms with Crippen LogP contribution in [0.15, 0.2) is 18.3 Å². The highest BCUT2D eigenvalue weighted by atomic mass is 19.3. The summed E-state index contributed by atoms with van der Waals surface area (Å²) in [5.41, 5.74) is 4.38. The molecule has 0 spiro atoms. The number of nitrogens with zero attached hydrogens (tertiary/aromatic N) is 1. The third-order valence-electron chi connectivity index (χ3n) is 3.45. The van der Waals surface area contributed by atoms with Crippen molar-refractivity contribution in [1.29, 1.82) is 0 Å². The SMILES string of the molecule is CC(CF)CC(O)(Cc1cc2cc(N)ncc2[nH]1)C(F)F. The van der Waals surface area contributed by atoms with Crippen LogP contribution in [0.25, 0.3) is 10.9 Å². The number of rotatable bonds is 6. The minimum absolute atomic E-state index is 0.288. The lowest BCUT2D eigenvalue weighted by Crippen LogP contribution is -2.41. The van der Waals surface area contributed by atoms with E-state index in [9.17, 15) is 18.3 Å². The summed E-state index contributed by atoms with van der Waals surface area (Å²) in [6.45, 7) is 0.741. The van der Waals surface area contributed by atoms with E-state index in [1.165, 1.54) is 13.1 Å². The van der Waals surface area contributed by atoms with Gasteiger partial charge in [0, 0.05) is 17.5 Å². The summed E-state index contributed by atoms with van der Waals surface area (Å²) >= 11 is 0. The minimum Gasteiger partial charge on any atom is -0.384 e. The third kappa shape index (κ3) is 3.47. The summed E-state index contributed by atoms with van der Waals surface area (Å²) in [5, 5.41) is 10.9. The Morgan fingerprint density at radius 2 is 2.14 bits per heavy atom. The van der Waals surface area contributed by atoms with E-state index in [0.29, 0.717) is 17.0 Å². The van der Waals surface area contributed by atoms with Crippen molar-refractivity contribution in [3.05, 3.63) is 24.0 Å². The highest BCUT2D eigenvalue weighted by Crippen LogP contribution is 2.29. The summed E-state index contributed by atoms with van der Waals surface area (Å²) in [6.07, 6.45) is -2.05. The van der Waals surface area contributed by atoms with Crippen LogP contribution in [0.3, 0.4) is 0 Å². The van der Waals surface area contributed by atoms with Crippen molar-refractivity contribution in [2.75, 3.05) is 12.4 Å². The van der Waals surface area contributed by atoms with Crippen LogP contribution in [-0.2, 0) is 6.42 Å². The zero-order chi connectivity index (χ0) is 15.6. The van der Waals surface area contributed by atoms with Crippen LogP contribution in [0.1, 0.15) is 19.0 Å². The summed E-state index contributed by atoms with van der Waals surface area (Å²) < 4.78 is 38.9. The molecule has 0 radical (unpaired) electrons. The maximum absolute atomic E-state index is 13.2. The largest absolute Gasteiger partial charge is 0.384 e. The van der Waals surface area contributed by atoms with E-state index in [-0.39, 0.29) is 12.8 Å². The van der Waals surface area contributed by atoms with E-state index >= 15 is 0 Å². The molecular weight excluding hydrogens is 283 g/mol. The molecule has 0 saturated heterocycles. The summed E-state index contributed by atoms with van der Waals surface area (Å²) in [6, 6.07) is 3.25. The van der Waals surface area contributed by atoms with Crippen molar-refractivity contribution in [3.63, 3.8) is 0 Å². The van der Waals surface area contributed by atoms with E-state index in [4.69, 9.17) is 5.73 Å². The Balaban J connectivity index is 2.26. The smallest absolute Gasteiger partial charge is 0.267 e. The van der Waals surface area contributed by atoms with Gasteiger partial charge in [-0.05, 0) is 24.5 Å². The van der Waals surface area contributed by atoms with Gasteiger partial charge in [0.1, 0.15) is 11.4 Å². The number of hydrogen-bond acceptors (Lipinski definition) is 3. The van der Waals surface area contributed by atoms with E-state index in [1.54, 1.807) is 12.1 Å². The summed E-state index contributed by atoms with van der Waals surface area (Å²) in [5.74, 6) is -0.311. The number of aromatic amines is 1. The summed E-state index contributed by atoms with van der Waals surface area (Å²) in [4.78, 5) is 6.82. The number of H-pyrrole nitrogens is 1. The standard InChI is InChI=1S/C14H18F3N3O/c1-8(6-15)4-14(21,13(16)17)5-10-2-9-3-12(18)19-7-11(9)20-10/h2-3,7-8,13,20-21H,4-6H2,1H3,(H2,18,19). The van der Waals surface area contributed by atoms with Crippen LogP contribution in [0, 0.1) is 5.92 Å². The molecule has 2 rings (SSSR count). The number of nitrogen functional groups attached to an aromatic ring is 1. The maximum atomic E-state index is 13.2. The topological polar surface area (TPSA) is 74.9 Å². The second-order valence-corrected chi connectivity index (χ2v) is 5.54. The van der Waals surface area contributed by atoms with Crippen molar-refractivity contribution in [3.8, 4) is 0 Å². The molecule has 0 amide bonds. The van der Waals surface area contributed by atoms with Gasteiger partial charge in [0.05, 0.1) is 18.4 Å². The highest BCUT2D eigenvalue weighted by Gasteiger charge is 2.39. The predicted molar refractivity (Wildman–Crippen MR) is 74.9 cm³/mol. The lowest BCUT2D eigenvalue weighted by atomic mass is 9.88. The number of aromatic nitrogens is 2. The van der Waals surface area contributed by atoms with E-state index < -0.39 is 24.6 Å². The fourth-order valence-electron chi connectivity index (χ4n) is 2.43. The first kappa shape index (κ1) is 15.6. The monoisotopic (exact) mass is 301 g/mol. The molecule has 4 N–H and O–H groups in total. The first-order valence-corrected chi connectivity index (χ1v) is 6.63. The van der Waals surface area contributed by atoms with Gasteiger partial charge >= 0.3 is 0 Å². The molecule has 2 aromatic heterocycles. The van der Waals surface area contributed by atoms with Gasteiger partial charge in [0.15, 0.2) is 0 Å². The summed E-state index contributed by atoms with van der Waals surface area (Å²) in [7, 11) is 0. The molecule has 2 aromatic rings. The molecular formula is C14H18F3N3O. The van der Waals surface area contributed by atoms with Gasteiger partial charge in [-0.3, -0.25) is 4.39 Å². The first-order chi connectivity index (χ1) is 9.84. The number of aliphatic hydroxyl groups is 1. The van der Waals surface area contributed by atoms with Crippen LogP contribution >= 0.6 is 0 Å². The quantitative estimate of drug-likeness (QED) is 0.768. The molecule has 0 aliphatic carbocycles. The maximum Gasteiger partial charge on any atom is 0.267 e. The molecule has 2 heterocycles. The van der Waals surface area contributed by atoms with Crippen LogP contribution in [-0.4, -0.2) is 33.8 Å². The molecule has 2 unspecified atom stereocenters. The van der Waals surface area contributed by atoms with Gasteiger partial charge in [0.2, 0.25) is 0 Å². The average Bonchev–Trinajstić information content (AvgIpc) is 2.79. The fourth-order valence-corrected chi connectivity index (χ4v) is 2.43. The number of pyridine rings is 1. The van der Waals surface area contributed by atoms with Crippen LogP contribution < -0.4 is 5.73 Å². The Morgan fingerprint density at radius 3 is 2.76 bits per heavy atom. The van der Waals surface area contributed by atoms with Gasteiger partial charge in [-0.15, -0.1) is 0 Å². The van der Waals surface area contributed by atoms with Crippen molar-refractivity contribution >= 4 is 16.7 Å². The van der Waals surface area contributed by atoms with E-state index in [1.807, 2.05) is 0 Å². The second-order valence-electron chi connectivity index (χ2n) is 5.54. The molecule has 0 aliphatic heterocycles. The third-order valence-corrected chi connectivity index (χ3v) is 3.45. The lowest BCUT2D eigenvalue weighted by Gasteiger charge is -2.28. The molecule has 21 heavy (non-hydrogen) atoms. The Bertz CT molecular complexity index is 617.